The fourth-order valence-electron chi connectivity index (χ4n) is 2.72. The normalized spacial score (nSPS) is 10.9. The number of hydrogen-bond donors (Lipinski definition) is 1. The summed E-state index contributed by atoms with van der Waals surface area (Å²) in [5.74, 6) is 0.867. The number of thiazole rings is 1. The van der Waals surface area contributed by atoms with Crippen LogP contribution in [0.2, 0.25) is 0 Å². The quantitative estimate of drug-likeness (QED) is 0.375. The lowest BCUT2D eigenvalue weighted by atomic mass is 10.2. The lowest BCUT2D eigenvalue weighted by molar-refractivity contribution is -0.384. The average Bonchev–Trinajstić information content (AvgIpc) is 3.29. The molecule has 2 aromatic heterocycles. The molecule has 0 radical (unpaired) electrons. The van der Waals surface area contributed by atoms with E-state index in [1.165, 1.54) is 34.8 Å². The van der Waals surface area contributed by atoms with Gasteiger partial charge in [0, 0.05) is 28.3 Å². The molecule has 0 unspecified atom stereocenters. The van der Waals surface area contributed by atoms with Gasteiger partial charge in [0.15, 0.2) is 5.13 Å². The number of amides is 1. The van der Waals surface area contributed by atoms with Crippen LogP contribution in [0.1, 0.15) is 9.67 Å². The number of hydrogen-bond acceptors (Lipinski definition) is 8. The molecule has 0 spiro atoms. The van der Waals surface area contributed by atoms with Crippen molar-refractivity contribution in [2.75, 3.05) is 19.5 Å². The first kappa shape index (κ1) is 18.1. The zero-order valence-electron chi connectivity index (χ0n) is 14.7. The summed E-state index contributed by atoms with van der Waals surface area (Å²) in [7, 11) is 3.11. The summed E-state index contributed by atoms with van der Waals surface area (Å²) in [6.07, 6.45) is 0. The largest absolute Gasteiger partial charge is 0.497 e. The molecule has 0 bridgehead atoms. The molecule has 28 heavy (non-hydrogen) atoms. The maximum absolute atomic E-state index is 12.6. The number of methoxy groups -OCH3 is 2. The highest BCUT2D eigenvalue weighted by molar-refractivity contribution is 7.23. The van der Waals surface area contributed by atoms with Gasteiger partial charge >= 0.3 is 0 Å². The molecule has 4 aromatic rings. The highest BCUT2D eigenvalue weighted by atomic mass is 32.1. The van der Waals surface area contributed by atoms with Crippen molar-refractivity contribution in [3.05, 3.63) is 51.4 Å². The second-order valence-corrected chi connectivity index (χ2v) is 7.85. The number of carbonyl (C=O) groups excluding carboxylic acids is 1. The molecular formula is C18H13N3O5S2. The number of fused-ring (bicyclic) bond motifs is 2. The first-order chi connectivity index (χ1) is 13.5. The van der Waals surface area contributed by atoms with Crippen molar-refractivity contribution < 1.29 is 19.2 Å². The molecule has 8 nitrogen and oxygen atoms in total. The third-order valence-corrected chi connectivity index (χ3v) is 6.08. The van der Waals surface area contributed by atoms with Crippen LogP contribution in [0, 0.1) is 10.1 Å². The van der Waals surface area contributed by atoms with Gasteiger partial charge in [0.2, 0.25) is 0 Å². The van der Waals surface area contributed by atoms with Gasteiger partial charge < -0.3 is 9.47 Å². The first-order valence-electron chi connectivity index (χ1n) is 8.00. The molecule has 142 valence electrons. The Kier molecular flexibility index (Phi) is 4.57. The van der Waals surface area contributed by atoms with Crippen molar-refractivity contribution in [2.45, 2.75) is 0 Å². The van der Waals surface area contributed by atoms with Crippen molar-refractivity contribution >= 4 is 59.7 Å². The summed E-state index contributed by atoms with van der Waals surface area (Å²) >= 11 is 2.57. The number of nitro groups is 1. The summed E-state index contributed by atoms with van der Waals surface area (Å²) in [4.78, 5) is 28.0. The molecule has 0 fully saturated rings. The Bertz CT molecular complexity index is 1230. The minimum absolute atomic E-state index is 0.00975. The first-order valence-corrected chi connectivity index (χ1v) is 9.63. The van der Waals surface area contributed by atoms with E-state index in [9.17, 15) is 14.9 Å². The summed E-state index contributed by atoms with van der Waals surface area (Å²) < 4.78 is 12.2. The summed E-state index contributed by atoms with van der Waals surface area (Å²) in [6, 6.07) is 9.71. The van der Waals surface area contributed by atoms with Crippen LogP contribution in [-0.4, -0.2) is 30.0 Å². The third kappa shape index (κ3) is 3.23. The smallest absolute Gasteiger partial charge is 0.270 e. The Morgan fingerprint density at radius 3 is 2.64 bits per heavy atom. The van der Waals surface area contributed by atoms with E-state index in [0.717, 1.165) is 9.40 Å². The van der Waals surface area contributed by atoms with Gasteiger partial charge in [0.1, 0.15) is 17.0 Å². The zero-order valence-corrected chi connectivity index (χ0v) is 16.3. The SMILES string of the molecule is COc1cc(OC)c2nc(NC(=O)c3cc4cc([N+](=O)[O-])ccc4s3)sc2c1. The number of carbonyl (C=O) groups is 1. The predicted molar refractivity (Wildman–Crippen MR) is 109 cm³/mol. The number of nitro benzene ring substituents is 1. The Morgan fingerprint density at radius 2 is 1.93 bits per heavy atom. The van der Waals surface area contributed by atoms with E-state index in [1.54, 1.807) is 32.4 Å². The predicted octanol–water partition coefficient (Wildman–Crippen LogP) is 4.69. The van der Waals surface area contributed by atoms with E-state index >= 15 is 0 Å². The van der Waals surface area contributed by atoms with Crippen LogP contribution in [0.4, 0.5) is 10.8 Å². The highest BCUT2D eigenvalue weighted by Gasteiger charge is 2.17. The summed E-state index contributed by atoms with van der Waals surface area (Å²) in [6.45, 7) is 0. The van der Waals surface area contributed by atoms with E-state index in [4.69, 9.17) is 9.47 Å². The Hall–Kier alpha value is -3.24. The number of rotatable bonds is 5. The van der Waals surface area contributed by atoms with Gasteiger partial charge in [-0.05, 0) is 18.2 Å². The minimum atomic E-state index is -0.459. The standard InChI is InChI=1S/C18H13N3O5S2/c1-25-11-7-12(26-2)16-14(8-11)28-18(19-16)20-17(22)15-6-9-5-10(21(23)24)3-4-13(9)27-15/h3-8H,1-2H3,(H,19,20,22). The molecule has 2 aromatic carbocycles. The maximum Gasteiger partial charge on any atom is 0.270 e. The minimum Gasteiger partial charge on any atom is -0.497 e. The van der Waals surface area contributed by atoms with Crippen molar-refractivity contribution in [3.63, 3.8) is 0 Å². The molecule has 0 aliphatic heterocycles. The maximum atomic E-state index is 12.6. The van der Waals surface area contributed by atoms with Crippen LogP contribution in [0.5, 0.6) is 11.5 Å². The molecule has 0 saturated heterocycles. The van der Waals surface area contributed by atoms with Crippen molar-refractivity contribution in [1.82, 2.24) is 4.98 Å². The van der Waals surface area contributed by atoms with E-state index in [0.29, 0.717) is 32.4 Å². The highest BCUT2D eigenvalue weighted by Crippen LogP contribution is 2.37. The van der Waals surface area contributed by atoms with Crippen molar-refractivity contribution in [3.8, 4) is 11.5 Å². The second kappa shape index (κ2) is 7.06. The van der Waals surface area contributed by atoms with Gasteiger partial charge in [-0.2, -0.15) is 0 Å². The molecule has 0 aliphatic carbocycles. The number of nitrogens with zero attached hydrogens (tertiary/aromatic N) is 2. The average molecular weight is 415 g/mol. The van der Waals surface area contributed by atoms with Crippen LogP contribution in [0.3, 0.4) is 0 Å². The van der Waals surface area contributed by atoms with Gasteiger partial charge in [-0.3, -0.25) is 20.2 Å². The fourth-order valence-corrected chi connectivity index (χ4v) is 4.56. The second-order valence-electron chi connectivity index (χ2n) is 5.74. The van der Waals surface area contributed by atoms with Gasteiger partial charge in [-0.15, -0.1) is 11.3 Å². The number of thiophene rings is 1. The topological polar surface area (TPSA) is 104 Å². The van der Waals surface area contributed by atoms with Gasteiger partial charge in [0.05, 0.1) is 28.7 Å². The van der Waals surface area contributed by atoms with Crippen LogP contribution in [0.25, 0.3) is 20.3 Å². The lowest BCUT2D eigenvalue weighted by Gasteiger charge is -2.03. The number of ether oxygens (including phenoxy) is 2. The van der Waals surface area contributed by atoms with Crippen LogP contribution in [-0.2, 0) is 0 Å². The summed E-state index contributed by atoms with van der Waals surface area (Å²) in [5.41, 5.74) is 0.625. The molecule has 4 rings (SSSR count). The van der Waals surface area contributed by atoms with Crippen LogP contribution in [0.15, 0.2) is 36.4 Å². The van der Waals surface area contributed by atoms with Gasteiger partial charge in [-0.1, -0.05) is 11.3 Å². The van der Waals surface area contributed by atoms with E-state index < -0.39 is 4.92 Å². The molecule has 0 atom stereocenters. The molecule has 1 amide bonds. The molecule has 2 heterocycles. The summed E-state index contributed by atoms with van der Waals surface area (Å²) in [5, 5.41) is 14.8. The van der Waals surface area contributed by atoms with Crippen LogP contribution < -0.4 is 14.8 Å². The van der Waals surface area contributed by atoms with Gasteiger partial charge in [0.25, 0.3) is 11.6 Å². The fraction of sp³-hybridized carbons (Fsp3) is 0.111. The van der Waals surface area contributed by atoms with E-state index in [2.05, 4.69) is 10.3 Å². The van der Waals surface area contributed by atoms with Crippen molar-refractivity contribution in [2.24, 2.45) is 0 Å². The van der Waals surface area contributed by atoms with Gasteiger partial charge in [-0.25, -0.2) is 4.98 Å². The molecule has 0 aliphatic rings. The molecular weight excluding hydrogens is 402 g/mol. The number of aromatic nitrogens is 1. The Morgan fingerprint density at radius 1 is 1.11 bits per heavy atom. The Labute approximate surface area is 166 Å². The van der Waals surface area contributed by atoms with Crippen molar-refractivity contribution in [1.29, 1.82) is 0 Å². The van der Waals surface area contributed by atoms with E-state index in [1.807, 2.05) is 6.07 Å². The van der Waals surface area contributed by atoms with Crippen LogP contribution >= 0.6 is 22.7 Å². The number of benzene rings is 2. The monoisotopic (exact) mass is 415 g/mol. The number of anilines is 1. The lowest BCUT2D eigenvalue weighted by Crippen LogP contribution is -2.09. The molecule has 10 heteroatoms. The number of non-ortho nitro benzene ring substituents is 1. The third-order valence-electron chi connectivity index (χ3n) is 4.04. The number of nitrogens with one attached hydrogen (secondary N) is 1. The molecule has 0 saturated carbocycles. The van der Waals surface area contributed by atoms with E-state index in [-0.39, 0.29) is 11.6 Å². The molecule has 1 N–H and O–H groups in total. The Balaban J connectivity index is 1.64. The zero-order chi connectivity index (χ0) is 19.8.